The van der Waals surface area contributed by atoms with E-state index in [0.29, 0.717) is 12.8 Å². The molecule has 0 aromatic carbocycles. The molecule has 3 heteroatoms. The topological polar surface area (TPSA) is 54.4 Å². The molecule has 0 unspecified atom stereocenters. The monoisotopic (exact) mass is 156 g/mol. The molecular formula is C8H12O3. The van der Waals surface area contributed by atoms with Crippen molar-refractivity contribution in [1.29, 1.82) is 0 Å². The number of hydrogen-bond donors (Lipinski definition) is 1. The highest BCUT2D eigenvalue weighted by molar-refractivity contribution is 5.85. The van der Waals surface area contributed by atoms with E-state index in [9.17, 15) is 9.59 Å². The Balaban J connectivity index is 2.56. The van der Waals surface area contributed by atoms with E-state index in [4.69, 9.17) is 5.11 Å². The van der Waals surface area contributed by atoms with Crippen molar-refractivity contribution in [3.05, 3.63) is 0 Å². The summed E-state index contributed by atoms with van der Waals surface area (Å²) in [5, 5.41) is 8.62. The Morgan fingerprint density at radius 3 is 2.64 bits per heavy atom. The highest BCUT2D eigenvalue weighted by atomic mass is 16.4. The van der Waals surface area contributed by atoms with Crippen molar-refractivity contribution in [1.82, 2.24) is 0 Å². The van der Waals surface area contributed by atoms with Gasteiger partial charge in [0.15, 0.2) is 0 Å². The second-order valence-corrected chi connectivity index (χ2v) is 3.32. The van der Waals surface area contributed by atoms with Gasteiger partial charge in [-0.2, -0.15) is 0 Å². The van der Waals surface area contributed by atoms with Crippen LogP contribution in [0.2, 0.25) is 0 Å². The average molecular weight is 156 g/mol. The predicted molar refractivity (Wildman–Crippen MR) is 39.1 cm³/mol. The van der Waals surface area contributed by atoms with E-state index >= 15 is 0 Å². The van der Waals surface area contributed by atoms with Crippen molar-refractivity contribution in [3.8, 4) is 0 Å². The molecule has 11 heavy (non-hydrogen) atoms. The lowest BCUT2D eigenvalue weighted by atomic mass is 9.82. The van der Waals surface area contributed by atoms with Crippen molar-refractivity contribution < 1.29 is 14.7 Å². The van der Waals surface area contributed by atoms with Crippen LogP contribution in [0.3, 0.4) is 0 Å². The number of hydrogen-bond acceptors (Lipinski definition) is 2. The molecule has 0 radical (unpaired) electrons. The van der Waals surface area contributed by atoms with Gasteiger partial charge >= 0.3 is 5.97 Å². The molecule has 0 aliphatic heterocycles. The van der Waals surface area contributed by atoms with Gasteiger partial charge in [0.05, 0.1) is 5.92 Å². The summed E-state index contributed by atoms with van der Waals surface area (Å²) < 4.78 is 0. The van der Waals surface area contributed by atoms with E-state index in [1.165, 1.54) is 0 Å². The average Bonchev–Trinajstić information content (AvgIpc) is 1.85. The molecule has 0 saturated heterocycles. The molecule has 2 atom stereocenters. The number of Topliss-reactive ketones (excluding diaryl/α,β-unsaturated/α-hetero) is 1. The minimum atomic E-state index is -0.829. The Hall–Kier alpha value is -0.860. The molecule has 62 valence electrons. The van der Waals surface area contributed by atoms with E-state index in [0.717, 1.165) is 0 Å². The van der Waals surface area contributed by atoms with Crippen LogP contribution in [-0.4, -0.2) is 16.9 Å². The van der Waals surface area contributed by atoms with Crippen LogP contribution >= 0.6 is 0 Å². The van der Waals surface area contributed by atoms with Crippen LogP contribution in [0.5, 0.6) is 0 Å². The molecule has 0 spiro atoms. The van der Waals surface area contributed by atoms with Gasteiger partial charge in [-0.05, 0) is 12.3 Å². The van der Waals surface area contributed by atoms with E-state index in [2.05, 4.69) is 0 Å². The first-order chi connectivity index (χ1) is 5.09. The van der Waals surface area contributed by atoms with Gasteiger partial charge in [-0.1, -0.05) is 6.92 Å². The molecule has 1 saturated carbocycles. The Morgan fingerprint density at radius 2 is 2.18 bits per heavy atom. The van der Waals surface area contributed by atoms with Crippen LogP contribution < -0.4 is 0 Å². The summed E-state index contributed by atoms with van der Waals surface area (Å²) in [6.07, 6.45) is 1.45. The number of ketones is 1. The summed E-state index contributed by atoms with van der Waals surface area (Å²) in [7, 11) is 0. The molecule has 1 N–H and O–H groups in total. The van der Waals surface area contributed by atoms with Gasteiger partial charge in [0.25, 0.3) is 0 Å². The van der Waals surface area contributed by atoms with Gasteiger partial charge in [0, 0.05) is 12.8 Å². The molecule has 1 fully saturated rings. The third-order valence-electron chi connectivity index (χ3n) is 2.09. The van der Waals surface area contributed by atoms with Crippen LogP contribution in [0.4, 0.5) is 0 Å². The van der Waals surface area contributed by atoms with Gasteiger partial charge in [-0.15, -0.1) is 0 Å². The first-order valence-corrected chi connectivity index (χ1v) is 3.84. The zero-order chi connectivity index (χ0) is 8.43. The summed E-state index contributed by atoms with van der Waals surface area (Å²) in [6.45, 7) is 1.92. The van der Waals surface area contributed by atoms with Crippen LogP contribution in [0.1, 0.15) is 26.2 Å². The van der Waals surface area contributed by atoms with Gasteiger partial charge in [0.2, 0.25) is 0 Å². The first-order valence-electron chi connectivity index (χ1n) is 3.84. The molecular weight excluding hydrogens is 144 g/mol. The van der Waals surface area contributed by atoms with Crippen molar-refractivity contribution in [2.24, 2.45) is 11.8 Å². The highest BCUT2D eigenvalue weighted by Crippen LogP contribution is 2.26. The number of rotatable bonds is 1. The molecule has 3 nitrogen and oxygen atoms in total. The fraction of sp³-hybridized carbons (Fsp3) is 0.750. The summed E-state index contributed by atoms with van der Waals surface area (Å²) in [4.78, 5) is 21.4. The van der Waals surface area contributed by atoms with E-state index < -0.39 is 11.9 Å². The maximum atomic E-state index is 10.9. The molecule has 0 amide bonds. The van der Waals surface area contributed by atoms with Gasteiger partial charge < -0.3 is 5.11 Å². The summed E-state index contributed by atoms with van der Waals surface area (Å²) in [5.74, 6) is -0.912. The molecule has 0 aromatic heterocycles. The SMILES string of the molecule is C[C@H]1CC(=O)C[C@H](C(=O)O)C1. The number of aliphatic carboxylic acids is 1. The summed E-state index contributed by atoms with van der Waals surface area (Å²) in [6, 6.07) is 0. The maximum absolute atomic E-state index is 10.9. The fourth-order valence-corrected chi connectivity index (χ4v) is 1.59. The lowest BCUT2D eigenvalue weighted by Gasteiger charge is -2.22. The lowest BCUT2D eigenvalue weighted by molar-refractivity contribution is -0.146. The zero-order valence-corrected chi connectivity index (χ0v) is 6.54. The van der Waals surface area contributed by atoms with Crippen molar-refractivity contribution in [3.63, 3.8) is 0 Å². The summed E-state index contributed by atoms with van der Waals surface area (Å²) >= 11 is 0. The Labute approximate surface area is 65.4 Å². The van der Waals surface area contributed by atoms with E-state index in [-0.39, 0.29) is 18.1 Å². The van der Waals surface area contributed by atoms with E-state index in [1.54, 1.807) is 0 Å². The number of carbonyl (C=O) groups is 2. The summed E-state index contributed by atoms with van der Waals surface area (Å²) in [5.41, 5.74) is 0. The molecule has 0 bridgehead atoms. The second-order valence-electron chi connectivity index (χ2n) is 3.32. The first kappa shape index (κ1) is 8.24. The number of carboxylic acid groups (broad SMARTS) is 1. The van der Waals surface area contributed by atoms with Crippen LogP contribution in [0.15, 0.2) is 0 Å². The van der Waals surface area contributed by atoms with Crippen LogP contribution in [0, 0.1) is 11.8 Å². The zero-order valence-electron chi connectivity index (χ0n) is 6.54. The largest absolute Gasteiger partial charge is 0.481 e. The highest BCUT2D eigenvalue weighted by Gasteiger charge is 2.29. The third kappa shape index (κ3) is 2.03. The number of carbonyl (C=O) groups excluding carboxylic acids is 1. The standard InChI is InChI=1S/C8H12O3/c1-5-2-6(8(10)11)4-7(9)3-5/h5-6H,2-4H2,1H3,(H,10,11)/t5-,6-/m1/s1. The van der Waals surface area contributed by atoms with Gasteiger partial charge in [-0.3, -0.25) is 9.59 Å². The van der Waals surface area contributed by atoms with Gasteiger partial charge in [0.1, 0.15) is 5.78 Å². The van der Waals surface area contributed by atoms with Crippen molar-refractivity contribution in [2.45, 2.75) is 26.2 Å². The normalized spacial score (nSPS) is 31.9. The minimum absolute atomic E-state index is 0.0937. The molecule has 1 rings (SSSR count). The minimum Gasteiger partial charge on any atom is -0.481 e. The molecule has 1 aliphatic rings. The van der Waals surface area contributed by atoms with Crippen molar-refractivity contribution in [2.75, 3.05) is 0 Å². The van der Waals surface area contributed by atoms with Crippen LogP contribution in [-0.2, 0) is 9.59 Å². The molecule has 0 heterocycles. The molecule has 0 aromatic rings. The maximum Gasteiger partial charge on any atom is 0.306 e. The fourth-order valence-electron chi connectivity index (χ4n) is 1.59. The lowest BCUT2D eigenvalue weighted by Crippen LogP contribution is -2.26. The van der Waals surface area contributed by atoms with Gasteiger partial charge in [-0.25, -0.2) is 0 Å². The smallest absolute Gasteiger partial charge is 0.306 e. The Kier molecular flexibility index (Phi) is 2.27. The number of carboxylic acids is 1. The quantitative estimate of drug-likeness (QED) is 0.618. The Morgan fingerprint density at radius 1 is 1.55 bits per heavy atom. The predicted octanol–water partition coefficient (Wildman–Crippen LogP) is 1.08. The van der Waals surface area contributed by atoms with E-state index in [1.807, 2.05) is 6.92 Å². The molecule has 1 aliphatic carbocycles. The second kappa shape index (κ2) is 3.03. The third-order valence-corrected chi connectivity index (χ3v) is 2.09. The Bertz CT molecular complexity index is 186. The van der Waals surface area contributed by atoms with Crippen LogP contribution in [0.25, 0.3) is 0 Å². The van der Waals surface area contributed by atoms with Crippen molar-refractivity contribution >= 4 is 11.8 Å².